The predicted octanol–water partition coefficient (Wildman–Crippen LogP) is 4.96. The smallest absolute Gasteiger partial charge is 0.288 e. The third-order valence-corrected chi connectivity index (χ3v) is 4.77. The number of benzene rings is 2. The monoisotopic (exact) mass is 397 g/mol. The summed E-state index contributed by atoms with van der Waals surface area (Å²) >= 11 is 3.48. The molecule has 0 radical (unpaired) electrons. The number of hydrogen-bond acceptors (Lipinski definition) is 3. The number of carbonyl (C=O) groups is 1. The number of ether oxygens (including phenoxy) is 1. The van der Waals surface area contributed by atoms with Crippen LogP contribution in [0.4, 0.5) is 0 Å². The van der Waals surface area contributed by atoms with Crippen molar-refractivity contribution in [1.29, 1.82) is 0 Å². The summed E-state index contributed by atoms with van der Waals surface area (Å²) in [4.78, 5) is 12.8. The fourth-order valence-electron chi connectivity index (χ4n) is 3.07. The van der Waals surface area contributed by atoms with Gasteiger partial charge in [-0.15, -0.1) is 0 Å². The molecule has 0 fully saturated rings. The largest absolute Gasteiger partial charge is 0.493 e. The fourth-order valence-corrected chi connectivity index (χ4v) is 3.45. The molecule has 1 amide bonds. The van der Waals surface area contributed by atoms with Crippen LogP contribution in [-0.2, 0) is 0 Å². The molecule has 1 aromatic heterocycles. The number of furan rings is 1. The number of rotatable bonds is 3. The highest BCUT2D eigenvalue weighted by molar-refractivity contribution is 9.10. The Balaban J connectivity index is 1.61. The highest BCUT2D eigenvalue weighted by Crippen LogP contribution is 2.34. The quantitative estimate of drug-likeness (QED) is 0.678. The van der Waals surface area contributed by atoms with Gasteiger partial charge in [0.2, 0.25) is 0 Å². The molecule has 1 N–H and O–H groups in total. The van der Waals surface area contributed by atoms with Crippen molar-refractivity contribution in [3.8, 4) is 16.9 Å². The summed E-state index contributed by atoms with van der Waals surface area (Å²) in [5.41, 5.74) is 2.72. The number of nitrogens with one attached hydrogen (secondary N) is 1. The first kappa shape index (κ1) is 16.0. The molecule has 1 unspecified atom stereocenters. The Labute approximate surface area is 153 Å². The molecule has 1 atom stereocenters. The predicted molar refractivity (Wildman–Crippen MR) is 98.6 cm³/mol. The third-order valence-electron chi connectivity index (χ3n) is 4.27. The highest BCUT2D eigenvalue weighted by atomic mass is 79.9. The maximum atomic E-state index is 12.8. The van der Waals surface area contributed by atoms with E-state index in [2.05, 4.69) is 21.2 Å². The van der Waals surface area contributed by atoms with Gasteiger partial charge in [0.25, 0.3) is 5.91 Å². The zero-order valence-electron chi connectivity index (χ0n) is 13.4. The molecule has 25 heavy (non-hydrogen) atoms. The van der Waals surface area contributed by atoms with Crippen LogP contribution in [-0.4, -0.2) is 12.5 Å². The molecule has 2 aromatic carbocycles. The summed E-state index contributed by atoms with van der Waals surface area (Å²) in [5.74, 6) is 0.915. The van der Waals surface area contributed by atoms with Crippen LogP contribution < -0.4 is 10.1 Å². The Bertz CT molecular complexity index is 904. The standard InChI is InChI=1S/C20H16BrNO3/c21-14-6-7-18-16(12-14)17(9-11-24-18)22-20(23)19-15(8-10-25-19)13-4-2-1-3-5-13/h1-8,10,12,17H,9,11H2,(H,22,23). The van der Waals surface area contributed by atoms with Gasteiger partial charge in [-0.1, -0.05) is 46.3 Å². The van der Waals surface area contributed by atoms with Crippen molar-refractivity contribution in [1.82, 2.24) is 5.32 Å². The lowest BCUT2D eigenvalue weighted by molar-refractivity contribution is 0.0897. The lowest BCUT2D eigenvalue weighted by Gasteiger charge is -2.26. The molecule has 0 saturated heterocycles. The molecule has 0 bridgehead atoms. The highest BCUT2D eigenvalue weighted by Gasteiger charge is 2.26. The number of fused-ring (bicyclic) bond motifs is 1. The Morgan fingerprint density at radius 2 is 1.96 bits per heavy atom. The van der Waals surface area contributed by atoms with E-state index in [9.17, 15) is 4.79 Å². The maximum Gasteiger partial charge on any atom is 0.288 e. The summed E-state index contributed by atoms with van der Waals surface area (Å²) in [7, 11) is 0. The first-order valence-corrected chi connectivity index (χ1v) is 8.88. The second-order valence-electron chi connectivity index (χ2n) is 5.87. The van der Waals surface area contributed by atoms with Crippen molar-refractivity contribution in [2.75, 3.05) is 6.61 Å². The molecule has 0 spiro atoms. The Kier molecular flexibility index (Phi) is 4.32. The second kappa shape index (κ2) is 6.76. The van der Waals surface area contributed by atoms with Gasteiger partial charge in [-0.05, 0) is 29.8 Å². The van der Waals surface area contributed by atoms with Crippen LogP contribution in [0.15, 0.2) is 69.8 Å². The molecule has 4 nitrogen and oxygen atoms in total. The van der Waals surface area contributed by atoms with Crippen molar-refractivity contribution in [2.45, 2.75) is 12.5 Å². The van der Waals surface area contributed by atoms with Gasteiger partial charge in [0.15, 0.2) is 5.76 Å². The SMILES string of the molecule is O=C(NC1CCOc2ccc(Br)cc21)c1occc1-c1ccccc1. The fraction of sp³-hybridized carbons (Fsp3) is 0.150. The van der Waals surface area contributed by atoms with Gasteiger partial charge in [0.1, 0.15) is 5.75 Å². The lowest BCUT2D eigenvalue weighted by Crippen LogP contribution is -2.32. The Hall–Kier alpha value is -2.53. The van der Waals surface area contributed by atoms with Crippen LogP contribution in [0.5, 0.6) is 5.75 Å². The molecular weight excluding hydrogens is 382 g/mol. The second-order valence-corrected chi connectivity index (χ2v) is 6.79. The topological polar surface area (TPSA) is 51.5 Å². The van der Waals surface area contributed by atoms with E-state index in [1.54, 1.807) is 6.26 Å². The van der Waals surface area contributed by atoms with Crippen molar-refractivity contribution in [2.24, 2.45) is 0 Å². The van der Waals surface area contributed by atoms with E-state index in [0.29, 0.717) is 12.4 Å². The Morgan fingerprint density at radius 3 is 2.80 bits per heavy atom. The number of amides is 1. The number of carbonyl (C=O) groups excluding carboxylic acids is 1. The lowest BCUT2D eigenvalue weighted by atomic mass is 10.00. The maximum absolute atomic E-state index is 12.8. The van der Waals surface area contributed by atoms with Gasteiger partial charge in [0.05, 0.1) is 18.9 Å². The van der Waals surface area contributed by atoms with E-state index < -0.39 is 0 Å². The van der Waals surface area contributed by atoms with Crippen LogP contribution in [0.3, 0.4) is 0 Å². The summed E-state index contributed by atoms with van der Waals surface area (Å²) in [6.07, 6.45) is 2.27. The molecule has 5 heteroatoms. The molecule has 0 saturated carbocycles. The minimum absolute atomic E-state index is 0.109. The van der Waals surface area contributed by atoms with E-state index >= 15 is 0 Å². The van der Waals surface area contributed by atoms with Gasteiger partial charge in [-0.2, -0.15) is 0 Å². The van der Waals surface area contributed by atoms with Crippen LogP contribution in [0.1, 0.15) is 28.6 Å². The molecule has 126 valence electrons. The summed E-state index contributed by atoms with van der Waals surface area (Å²) in [6, 6.07) is 17.3. The molecule has 2 heterocycles. The average Bonchev–Trinajstić information content (AvgIpc) is 3.13. The first-order chi connectivity index (χ1) is 12.2. The van der Waals surface area contributed by atoms with Crippen LogP contribution in [0, 0.1) is 0 Å². The van der Waals surface area contributed by atoms with E-state index in [-0.39, 0.29) is 11.9 Å². The van der Waals surface area contributed by atoms with E-state index in [1.807, 2.05) is 54.6 Å². The van der Waals surface area contributed by atoms with Crippen molar-refractivity contribution >= 4 is 21.8 Å². The van der Waals surface area contributed by atoms with Crippen LogP contribution >= 0.6 is 15.9 Å². The van der Waals surface area contributed by atoms with Gasteiger partial charge in [0, 0.05) is 22.0 Å². The van der Waals surface area contributed by atoms with E-state index in [4.69, 9.17) is 9.15 Å². The van der Waals surface area contributed by atoms with E-state index in [1.165, 1.54) is 0 Å². The van der Waals surface area contributed by atoms with Gasteiger partial charge >= 0.3 is 0 Å². The molecule has 0 aliphatic carbocycles. The normalized spacial score (nSPS) is 16.0. The van der Waals surface area contributed by atoms with Crippen molar-refractivity contribution in [3.63, 3.8) is 0 Å². The first-order valence-electron chi connectivity index (χ1n) is 8.08. The molecule has 1 aliphatic heterocycles. The van der Waals surface area contributed by atoms with Crippen LogP contribution in [0.25, 0.3) is 11.1 Å². The van der Waals surface area contributed by atoms with Gasteiger partial charge < -0.3 is 14.5 Å². The number of halogens is 1. The number of hydrogen-bond donors (Lipinski definition) is 1. The minimum atomic E-state index is -0.221. The van der Waals surface area contributed by atoms with Crippen LogP contribution in [0.2, 0.25) is 0 Å². The average molecular weight is 398 g/mol. The minimum Gasteiger partial charge on any atom is -0.493 e. The van der Waals surface area contributed by atoms with Gasteiger partial charge in [-0.3, -0.25) is 4.79 Å². The zero-order valence-corrected chi connectivity index (χ0v) is 15.0. The van der Waals surface area contributed by atoms with Gasteiger partial charge in [-0.25, -0.2) is 0 Å². The molecule has 3 aromatic rings. The summed E-state index contributed by atoms with van der Waals surface area (Å²) in [5, 5.41) is 3.08. The van der Waals surface area contributed by atoms with Crippen molar-refractivity contribution in [3.05, 3.63) is 76.7 Å². The molecular formula is C20H16BrNO3. The third kappa shape index (κ3) is 3.20. The van der Waals surface area contributed by atoms with E-state index in [0.717, 1.165) is 33.3 Å². The molecule has 1 aliphatic rings. The molecule has 4 rings (SSSR count). The Morgan fingerprint density at radius 1 is 1.12 bits per heavy atom. The van der Waals surface area contributed by atoms with Crippen molar-refractivity contribution < 1.29 is 13.9 Å². The summed E-state index contributed by atoms with van der Waals surface area (Å²) in [6.45, 7) is 0.573. The zero-order chi connectivity index (χ0) is 17.2. The summed E-state index contributed by atoms with van der Waals surface area (Å²) < 4.78 is 12.1.